The quantitative estimate of drug-likeness (QED) is 0.638. The highest BCUT2D eigenvalue weighted by atomic mass is 16.5. The van der Waals surface area contributed by atoms with Crippen molar-refractivity contribution in [3.8, 4) is 11.5 Å². The van der Waals surface area contributed by atoms with Gasteiger partial charge in [-0.15, -0.1) is 0 Å². The number of piperidine rings is 3. The molecule has 4 aliphatic rings. The van der Waals surface area contributed by atoms with Gasteiger partial charge in [0.2, 0.25) is 0 Å². The van der Waals surface area contributed by atoms with Crippen molar-refractivity contribution in [2.45, 2.75) is 24.9 Å². The average molecular weight is 302 g/mol. The number of nitrogen functional groups attached to an aromatic ring is 1. The molecule has 5 rings (SSSR count). The average Bonchev–Trinajstić information content (AvgIpc) is 2.90. The molecule has 6 nitrogen and oxygen atoms in total. The number of likely N-dealkylation sites (N-methyl/N-ethyl adjacent to an activating group) is 1. The molecule has 0 radical (unpaired) electrons. The lowest BCUT2D eigenvalue weighted by Crippen LogP contribution is -2.56. The minimum atomic E-state index is 0.0125. The molecule has 2 unspecified atom stereocenters. The minimum absolute atomic E-state index is 0.0125. The predicted octanol–water partition coefficient (Wildman–Crippen LogP) is 1.42. The molecule has 3 fully saturated rings. The second kappa shape index (κ2) is 4.78. The molecule has 22 heavy (non-hydrogen) atoms. The summed E-state index contributed by atoms with van der Waals surface area (Å²) in [5, 5.41) is 16.8. The number of methoxy groups -OCH3 is 1. The summed E-state index contributed by atoms with van der Waals surface area (Å²) in [4.78, 5) is 2.53. The number of hydrogen-bond acceptors (Lipinski definition) is 6. The number of hydrazone groups is 1. The lowest BCUT2D eigenvalue weighted by Gasteiger charge is -2.46. The summed E-state index contributed by atoms with van der Waals surface area (Å²) in [6.07, 6.45) is 2.44. The summed E-state index contributed by atoms with van der Waals surface area (Å²) in [5.41, 5.74) is 8.67. The first-order chi connectivity index (χ1) is 10.6. The van der Waals surface area contributed by atoms with E-state index in [1.165, 1.54) is 18.6 Å². The third kappa shape index (κ3) is 1.80. The van der Waals surface area contributed by atoms with Gasteiger partial charge in [-0.25, -0.2) is 0 Å². The van der Waals surface area contributed by atoms with E-state index in [2.05, 4.69) is 4.90 Å². The zero-order chi connectivity index (χ0) is 15.4. The minimum Gasteiger partial charge on any atom is -0.503 e. The fourth-order valence-corrected chi connectivity index (χ4v) is 4.23. The molecule has 3 N–H and O–H groups in total. The summed E-state index contributed by atoms with van der Waals surface area (Å²) in [6, 6.07) is 4.19. The summed E-state index contributed by atoms with van der Waals surface area (Å²) < 4.78 is 5.26. The zero-order valence-electron chi connectivity index (χ0n) is 13.0. The van der Waals surface area contributed by atoms with Crippen LogP contribution in [0.15, 0.2) is 17.2 Å². The second-order valence-electron chi connectivity index (χ2n) is 6.46. The monoisotopic (exact) mass is 302 g/mol. The summed E-state index contributed by atoms with van der Waals surface area (Å²) in [5.74, 6) is 1.06. The van der Waals surface area contributed by atoms with E-state index in [4.69, 9.17) is 15.6 Å². The standard InChI is InChI=1S/C16H22N4O2/c1-19-14(10-7-11(17)16(21)12(8-10)22-2)15-13(18-19)9-3-5-20(15)6-4-9/h7-9,14-15,21H,3-6,17H2,1-2H3. The molecule has 118 valence electrons. The Hall–Kier alpha value is -1.95. The van der Waals surface area contributed by atoms with Crippen molar-refractivity contribution in [3.05, 3.63) is 17.7 Å². The molecule has 0 saturated carbocycles. The Morgan fingerprint density at radius 1 is 1.27 bits per heavy atom. The zero-order valence-corrected chi connectivity index (χ0v) is 13.0. The van der Waals surface area contributed by atoms with E-state index >= 15 is 0 Å². The highest BCUT2D eigenvalue weighted by Gasteiger charge is 2.48. The lowest BCUT2D eigenvalue weighted by atomic mass is 9.78. The van der Waals surface area contributed by atoms with Crippen LogP contribution in [0.3, 0.4) is 0 Å². The summed E-state index contributed by atoms with van der Waals surface area (Å²) in [6.45, 7) is 2.28. The molecule has 0 aliphatic carbocycles. The molecule has 3 saturated heterocycles. The van der Waals surface area contributed by atoms with Gasteiger partial charge in [0.15, 0.2) is 11.5 Å². The topological polar surface area (TPSA) is 74.3 Å². The lowest BCUT2D eigenvalue weighted by molar-refractivity contribution is 0.106. The highest BCUT2D eigenvalue weighted by molar-refractivity contribution is 5.95. The molecule has 4 heterocycles. The normalized spacial score (nSPS) is 32.8. The van der Waals surface area contributed by atoms with E-state index < -0.39 is 0 Å². The van der Waals surface area contributed by atoms with Gasteiger partial charge in [0.25, 0.3) is 0 Å². The second-order valence-corrected chi connectivity index (χ2v) is 6.46. The van der Waals surface area contributed by atoms with Gasteiger partial charge in [0.1, 0.15) is 0 Å². The van der Waals surface area contributed by atoms with Gasteiger partial charge in [-0.1, -0.05) is 0 Å². The van der Waals surface area contributed by atoms with E-state index in [0.29, 0.717) is 23.4 Å². The number of phenols is 1. The van der Waals surface area contributed by atoms with Crippen LogP contribution in [0.1, 0.15) is 24.4 Å². The number of fused-ring (bicyclic) bond motifs is 2. The Morgan fingerprint density at radius 2 is 2.00 bits per heavy atom. The maximum atomic E-state index is 9.97. The van der Waals surface area contributed by atoms with E-state index in [1.54, 1.807) is 7.11 Å². The number of nitrogens with zero attached hydrogens (tertiary/aromatic N) is 3. The number of ether oxygens (including phenoxy) is 1. The molecule has 0 aromatic heterocycles. The smallest absolute Gasteiger partial charge is 0.181 e. The molecule has 6 heteroatoms. The third-order valence-corrected chi connectivity index (χ3v) is 5.31. The van der Waals surface area contributed by atoms with Crippen molar-refractivity contribution in [2.24, 2.45) is 11.0 Å². The molecule has 0 spiro atoms. The maximum Gasteiger partial charge on any atom is 0.181 e. The first kappa shape index (κ1) is 13.7. The van der Waals surface area contributed by atoms with E-state index in [1.807, 2.05) is 24.2 Å². The van der Waals surface area contributed by atoms with Crippen molar-refractivity contribution in [1.82, 2.24) is 9.91 Å². The molecular formula is C16H22N4O2. The van der Waals surface area contributed by atoms with Crippen molar-refractivity contribution in [2.75, 3.05) is 33.0 Å². The number of phenolic OH excluding ortho intramolecular Hbond substituents is 1. The molecule has 0 amide bonds. The Labute approximate surface area is 130 Å². The first-order valence-electron chi connectivity index (χ1n) is 7.81. The van der Waals surface area contributed by atoms with Crippen molar-refractivity contribution >= 4 is 11.4 Å². The Kier molecular flexibility index (Phi) is 2.97. The summed E-state index contributed by atoms with van der Waals surface area (Å²) in [7, 11) is 3.57. The van der Waals surface area contributed by atoms with Gasteiger partial charge < -0.3 is 15.6 Å². The highest BCUT2D eigenvalue weighted by Crippen LogP contribution is 2.45. The Morgan fingerprint density at radius 3 is 2.68 bits per heavy atom. The van der Waals surface area contributed by atoms with Gasteiger partial charge in [0.05, 0.1) is 30.6 Å². The van der Waals surface area contributed by atoms with Gasteiger partial charge >= 0.3 is 0 Å². The van der Waals surface area contributed by atoms with Crippen LogP contribution in [-0.2, 0) is 0 Å². The van der Waals surface area contributed by atoms with Crippen LogP contribution in [0.4, 0.5) is 5.69 Å². The number of aromatic hydroxyl groups is 1. The van der Waals surface area contributed by atoms with Crippen LogP contribution >= 0.6 is 0 Å². The van der Waals surface area contributed by atoms with Crippen LogP contribution in [0.25, 0.3) is 0 Å². The fraction of sp³-hybridized carbons (Fsp3) is 0.562. The molecule has 1 aromatic rings. The Balaban J connectivity index is 1.76. The van der Waals surface area contributed by atoms with E-state index in [0.717, 1.165) is 18.7 Å². The molecular weight excluding hydrogens is 280 g/mol. The van der Waals surface area contributed by atoms with Crippen LogP contribution < -0.4 is 10.5 Å². The number of hydrogen-bond donors (Lipinski definition) is 2. The van der Waals surface area contributed by atoms with Gasteiger partial charge in [-0.2, -0.15) is 5.10 Å². The van der Waals surface area contributed by atoms with Crippen molar-refractivity contribution in [3.63, 3.8) is 0 Å². The number of anilines is 1. The largest absolute Gasteiger partial charge is 0.503 e. The van der Waals surface area contributed by atoms with Crippen molar-refractivity contribution < 1.29 is 9.84 Å². The van der Waals surface area contributed by atoms with Crippen molar-refractivity contribution in [1.29, 1.82) is 0 Å². The molecule has 2 bridgehead atoms. The Bertz CT molecular complexity index is 637. The number of rotatable bonds is 2. The van der Waals surface area contributed by atoms with Gasteiger partial charge in [-0.3, -0.25) is 9.91 Å². The molecule has 2 atom stereocenters. The van der Waals surface area contributed by atoms with Gasteiger partial charge in [-0.05, 0) is 43.6 Å². The van der Waals surface area contributed by atoms with Crippen LogP contribution in [0.2, 0.25) is 0 Å². The van der Waals surface area contributed by atoms with Crippen LogP contribution in [-0.4, -0.2) is 54.0 Å². The fourth-order valence-electron chi connectivity index (χ4n) is 4.23. The van der Waals surface area contributed by atoms with Crippen LogP contribution in [0, 0.1) is 5.92 Å². The predicted molar refractivity (Wildman–Crippen MR) is 85.1 cm³/mol. The van der Waals surface area contributed by atoms with Crippen LogP contribution in [0.5, 0.6) is 11.5 Å². The molecule has 4 aliphatic heterocycles. The summed E-state index contributed by atoms with van der Waals surface area (Å²) >= 11 is 0. The third-order valence-electron chi connectivity index (χ3n) is 5.31. The SMILES string of the molecule is COc1cc(C2C3C(=NN2C)C2CCN3CC2)cc(N)c1O. The molecule has 1 aromatic carbocycles. The van der Waals surface area contributed by atoms with Gasteiger partial charge in [0, 0.05) is 13.0 Å². The maximum absolute atomic E-state index is 9.97. The number of benzene rings is 1. The first-order valence-corrected chi connectivity index (χ1v) is 7.81. The van der Waals surface area contributed by atoms with E-state index in [9.17, 15) is 5.11 Å². The van der Waals surface area contributed by atoms with E-state index in [-0.39, 0.29) is 11.8 Å². The number of nitrogens with two attached hydrogens (primary N) is 1.